The van der Waals surface area contributed by atoms with Crippen LogP contribution in [0.15, 0.2) is 40.7 Å². The van der Waals surface area contributed by atoms with E-state index >= 15 is 0 Å². The summed E-state index contributed by atoms with van der Waals surface area (Å²) in [5.74, 6) is -2.14. The van der Waals surface area contributed by atoms with Gasteiger partial charge in [0, 0.05) is 38.3 Å². The number of tetrazole rings is 1. The Bertz CT molecular complexity index is 1380. The van der Waals surface area contributed by atoms with Gasteiger partial charge in [-0.2, -0.15) is 0 Å². The zero-order chi connectivity index (χ0) is 29.1. The first-order valence-electron chi connectivity index (χ1n) is 11.6. The molecule has 0 bridgehead atoms. The Labute approximate surface area is 235 Å². The predicted octanol–water partition coefficient (Wildman–Crippen LogP) is -0.356. The van der Waals surface area contributed by atoms with Crippen molar-refractivity contribution in [1.82, 2.24) is 40.6 Å². The van der Waals surface area contributed by atoms with Crippen LogP contribution in [0.4, 0.5) is 15.3 Å². The van der Waals surface area contributed by atoms with E-state index in [0.717, 1.165) is 9.80 Å². The molecule has 1 unspecified atom stereocenters. The molecule has 1 aromatic heterocycles. The van der Waals surface area contributed by atoms with Crippen LogP contribution in [0.2, 0.25) is 0 Å². The average molecular weight is 592 g/mol. The number of amides is 6. The zero-order valence-electron chi connectivity index (χ0n) is 21.5. The highest BCUT2D eigenvalue weighted by atomic mass is 32.2. The fourth-order valence-corrected chi connectivity index (χ4v) is 6.44. The Kier molecular flexibility index (Phi) is 8.48. The number of carbonyl (C=O) groups excluding carboxylic acids is 4. The summed E-state index contributed by atoms with van der Waals surface area (Å²) in [5, 5.41) is 35.3. The molecule has 1 aromatic carbocycles. The lowest BCUT2D eigenvalue weighted by molar-refractivity contribution is -0.149. The number of phenols is 1. The number of phenolic OH excluding ortho intramolecular Hbond substituents is 1. The van der Waals surface area contributed by atoms with Crippen molar-refractivity contribution in [2.45, 2.75) is 16.6 Å². The number of aromatic hydroxyl groups is 1. The maximum absolute atomic E-state index is 13.5. The molecule has 1 saturated heterocycles. The number of hydrogen-bond acceptors (Lipinski definition) is 11. The first-order valence-corrected chi connectivity index (χ1v) is 13.7. The number of rotatable bonds is 8. The van der Waals surface area contributed by atoms with Crippen LogP contribution in [0, 0.1) is 0 Å². The summed E-state index contributed by atoms with van der Waals surface area (Å²) in [7, 11) is 4.22. The molecule has 3 heterocycles. The lowest BCUT2D eigenvalue weighted by Gasteiger charge is -2.52. The van der Waals surface area contributed by atoms with E-state index in [4.69, 9.17) is 0 Å². The van der Waals surface area contributed by atoms with Crippen LogP contribution in [-0.2, 0) is 21.4 Å². The van der Waals surface area contributed by atoms with Crippen molar-refractivity contribution in [2.24, 2.45) is 7.05 Å². The molecule has 2 aliphatic heterocycles. The summed E-state index contributed by atoms with van der Waals surface area (Å²) in [5.41, 5.74) is 0.596. The van der Waals surface area contributed by atoms with Crippen molar-refractivity contribution in [1.29, 1.82) is 0 Å². The Morgan fingerprint density at radius 1 is 1.20 bits per heavy atom. The van der Waals surface area contributed by atoms with Crippen LogP contribution < -0.4 is 15.5 Å². The predicted molar refractivity (Wildman–Crippen MR) is 142 cm³/mol. The van der Waals surface area contributed by atoms with Crippen LogP contribution in [0.25, 0.3) is 0 Å². The number of urea groups is 2. The van der Waals surface area contributed by atoms with Crippen LogP contribution in [-0.4, -0.2) is 114 Å². The summed E-state index contributed by atoms with van der Waals surface area (Å²) in [6.45, 7) is -0.558. The van der Waals surface area contributed by atoms with Gasteiger partial charge in [0.15, 0.2) is 0 Å². The van der Waals surface area contributed by atoms with Crippen LogP contribution in [0.5, 0.6) is 5.75 Å². The van der Waals surface area contributed by atoms with Gasteiger partial charge in [-0.15, -0.1) is 16.9 Å². The molecule has 6 amide bonds. The van der Waals surface area contributed by atoms with E-state index < -0.39 is 47.8 Å². The van der Waals surface area contributed by atoms with Crippen molar-refractivity contribution in [3.63, 3.8) is 0 Å². The van der Waals surface area contributed by atoms with Crippen LogP contribution in [0.1, 0.15) is 0 Å². The van der Waals surface area contributed by atoms with Gasteiger partial charge in [-0.1, -0.05) is 11.8 Å². The van der Waals surface area contributed by atoms with Gasteiger partial charge in [-0.25, -0.2) is 24.0 Å². The SMILES string of the molecule is CNC(=O)N(C)C(=O)NCC(=O)N(c1ccc(O)cc1)C1C(=O)N2C(C(=O)O)=C(CSc3nnnn3C)CS[C@@H]12. The van der Waals surface area contributed by atoms with Crippen molar-refractivity contribution in [3.8, 4) is 5.75 Å². The molecule has 2 aromatic rings. The molecule has 1 fully saturated rings. The number of anilines is 1. The molecule has 0 radical (unpaired) electrons. The number of carbonyl (C=O) groups is 5. The standard InChI is InChI=1S/C22H25N9O7S2/c1-23-20(37)28(2)21(38)24-8-14(33)30(12-4-6-13(32)7-5-12)16-17(34)31-15(19(35)36)11(9-39-18(16)31)10-40-22-25-26-27-29(22)3/h4-7,16,18,32H,8-10H2,1-3H3,(H,23,37)(H,24,38)(H,35,36)/t16?,18-/m0/s1. The normalized spacial score (nSPS) is 18.0. The third kappa shape index (κ3) is 5.53. The van der Waals surface area contributed by atoms with E-state index in [1.807, 2.05) is 0 Å². The van der Waals surface area contributed by atoms with E-state index in [1.165, 1.54) is 71.5 Å². The summed E-state index contributed by atoms with van der Waals surface area (Å²) < 4.78 is 1.45. The first-order chi connectivity index (χ1) is 19.0. The average Bonchev–Trinajstić information content (AvgIpc) is 3.36. The Morgan fingerprint density at radius 3 is 2.50 bits per heavy atom. The smallest absolute Gasteiger partial charge is 0.352 e. The van der Waals surface area contributed by atoms with E-state index in [2.05, 4.69) is 26.2 Å². The highest BCUT2D eigenvalue weighted by Gasteiger charge is 2.57. The van der Waals surface area contributed by atoms with Crippen molar-refractivity contribution >= 4 is 59.1 Å². The van der Waals surface area contributed by atoms with E-state index in [9.17, 15) is 34.2 Å². The van der Waals surface area contributed by atoms with Crippen molar-refractivity contribution in [3.05, 3.63) is 35.5 Å². The van der Waals surface area contributed by atoms with Gasteiger partial charge in [0.05, 0.1) is 6.54 Å². The van der Waals surface area contributed by atoms with Gasteiger partial charge in [-0.05, 0) is 40.3 Å². The van der Waals surface area contributed by atoms with Gasteiger partial charge < -0.3 is 20.8 Å². The number of aryl methyl sites for hydroxylation is 1. The van der Waals surface area contributed by atoms with Gasteiger partial charge in [0.1, 0.15) is 22.9 Å². The molecule has 0 saturated carbocycles. The molecular formula is C22H25N9O7S2. The zero-order valence-corrected chi connectivity index (χ0v) is 23.1. The number of imide groups is 1. The van der Waals surface area contributed by atoms with E-state index in [1.54, 1.807) is 7.05 Å². The molecule has 16 nitrogen and oxygen atoms in total. The van der Waals surface area contributed by atoms with Crippen LogP contribution >= 0.6 is 23.5 Å². The highest BCUT2D eigenvalue weighted by molar-refractivity contribution is 8.01. The van der Waals surface area contributed by atoms with Crippen LogP contribution in [0.3, 0.4) is 0 Å². The largest absolute Gasteiger partial charge is 0.508 e. The quantitative estimate of drug-likeness (QED) is 0.230. The molecule has 40 heavy (non-hydrogen) atoms. The first kappa shape index (κ1) is 28.7. The summed E-state index contributed by atoms with van der Waals surface area (Å²) >= 11 is 2.52. The minimum absolute atomic E-state index is 0.0680. The lowest BCUT2D eigenvalue weighted by atomic mass is 10.00. The number of hydrogen-bond donors (Lipinski definition) is 4. The number of aromatic nitrogens is 4. The molecule has 212 valence electrons. The molecule has 0 spiro atoms. The number of carboxylic acids is 1. The number of fused-ring (bicyclic) bond motifs is 1. The maximum Gasteiger partial charge on any atom is 0.352 e. The number of β-lactam (4-membered cyclic amide) rings is 1. The second-order valence-corrected chi connectivity index (χ2v) is 10.6. The second kappa shape index (κ2) is 11.8. The Morgan fingerprint density at radius 2 is 1.90 bits per heavy atom. The number of aliphatic carboxylic acids is 1. The topological polar surface area (TPSA) is 203 Å². The maximum atomic E-state index is 13.5. The number of thioether (sulfide) groups is 2. The number of nitrogens with zero attached hydrogens (tertiary/aromatic N) is 7. The Hall–Kier alpha value is -4.32. The van der Waals surface area contributed by atoms with Gasteiger partial charge in [0.2, 0.25) is 11.1 Å². The Balaban J connectivity index is 1.57. The van der Waals surface area contributed by atoms with E-state index in [0.29, 0.717) is 10.7 Å². The summed E-state index contributed by atoms with van der Waals surface area (Å²) in [6, 6.07) is 2.91. The molecular weight excluding hydrogens is 566 g/mol. The third-order valence-electron chi connectivity index (χ3n) is 6.07. The van der Waals surface area contributed by atoms with Gasteiger partial charge in [-0.3, -0.25) is 19.4 Å². The molecule has 4 N–H and O–H groups in total. The summed E-state index contributed by atoms with van der Waals surface area (Å²) in [6.07, 6.45) is 0. The van der Waals surface area contributed by atoms with E-state index in [-0.39, 0.29) is 28.6 Å². The fraction of sp³-hybridized carbons (Fsp3) is 0.364. The minimum atomic E-state index is -1.28. The molecule has 18 heteroatoms. The fourth-order valence-electron chi connectivity index (χ4n) is 4.06. The van der Waals surface area contributed by atoms with Crippen molar-refractivity contribution in [2.75, 3.05) is 37.0 Å². The molecule has 2 aliphatic rings. The number of benzene rings is 1. The minimum Gasteiger partial charge on any atom is -0.508 e. The monoisotopic (exact) mass is 591 g/mol. The van der Waals surface area contributed by atoms with Crippen molar-refractivity contribution < 1.29 is 34.2 Å². The molecule has 0 aliphatic carbocycles. The number of carboxylic acid groups (broad SMARTS) is 1. The van der Waals surface area contributed by atoms with Gasteiger partial charge in [0.25, 0.3) is 5.91 Å². The number of nitrogens with one attached hydrogen (secondary N) is 2. The molecule has 4 rings (SSSR count). The molecule has 2 atom stereocenters. The second-order valence-electron chi connectivity index (χ2n) is 8.54. The van der Waals surface area contributed by atoms with Gasteiger partial charge >= 0.3 is 18.0 Å². The summed E-state index contributed by atoms with van der Waals surface area (Å²) in [4.78, 5) is 66.2. The highest BCUT2D eigenvalue weighted by Crippen LogP contribution is 2.44. The third-order valence-corrected chi connectivity index (χ3v) is 8.49. The lowest BCUT2D eigenvalue weighted by Crippen LogP contribution is -2.72.